The summed E-state index contributed by atoms with van der Waals surface area (Å²) in [4.78, 5) is -0.377. The van der Waals surface area contributed by atoms with Crippen LogP contribution >= 0.6 is 0 Å². The van der Waals surface area contributed by atoms with Gasteiger partial charge in [0.15, 0.2) is 0 Å². The second kappa shape index (κ2) is 4.55. The summed E-state index contributed by atoms with van der Waals surface area (Å²) in [6.07, 6.45) is 0. The molecule has 17 heavy (non-hydrogen) atoms. The third-order valence-electron chi connectivity index (χ3n) is 2.08. The maximum Gasteiger partial charge on any atom is 0.332 e. The lowest BCUT2D eigenvalue weighted by atomic mass is 10.3. The minimum absolute atomic E-state index is 0.377. The van der Waals surface area contributed by atoms with Gasteiger partial charge in [-0.1, -0.05) is 18.2 Å². The van der Waals surface area contributed by atoms with Gasteiger partial charge < -0.3 is 4.74 Å². The number of hydrogen-bond donors (Lipinski definition) is 0. The standard InChI is InChI=1S/C12H9FO3S/c13-17(14,15)12-8-6-11(7-9-12)16-10-4-2-1-3-5-10/h1-9H. The van der Waals surface area contributed by atoms with E-state index in [9.17, 15) is 12.3 Å². The second-order valence-corrected chi connectivity index (χ2v) is 4.67. The zero-order valence-electron chi connectivity index (χ0n) is 8.71. The van der Waals surface area contributed by atoms with Gasteiger partial charge in [0.2, 0.25) is 0 Å². The third kappa shape index (κ3) is 3.04. The van der Waals surface area contributed by atoms with E-state index >= 15 is 0 Å². The molecule has 0 spiro atoms. The number of rotatable bonds is 3. The zero-order valence-corrected chi connectivity index (χ0v) is 9.52. The fraction of sp³-hybridized carbons (Fsp3) is 0. The largest absolute Gasteiger partial charge is 0.457 e. The minimum atomic E-state index is -4.65. The van der Waals surface area contributed by atoms with Crippen LogP contribution in [0.15, 0.2) is 59.5 Å². The highest BCUT2D eigenvalue weighted by atomic mass is 32.3. The number of benzene rings is 2. The summed E-state index contributed by atoms with van der Waals surface area (Å²) in [7, 11) is -4.65. The van der Waals surface area contributed by atoms with Crippen molar-refractivity contribution < 1.29 is 17.0 Å². The van der Waals surface area contributed by atoms with Crippen molar-refractivity contribution >= 4 is 10.2 Å². The summed E-state index contributed by atoms with van der Waals surface area (Å²) in [5.74, 6) is 1.08. The lowest BCUT2D eigenvalue weighted by Gasteiger charge is -2.05. The van der Waals surface area contributed by atoms with E-state index in [-0.39, 0.29) is 4.90 Å². The molecule has 0 N–H and O–H groups in total. The molecule has 0 aliphatic rings. The van der Waals surface area contributed by atoms with E-state index in [0.29, 0.717) is 11.5 Å². The van der Waals surface area contributed by atoms with Gasteiger partial charge >= 0.3 is 10.2 Å². The first-order valence-electron chi connectivity index (χ1n) is 4.83. The highest BCUT2D eigenvalue weighted by molar-refractivity contribution is 7.86. The molecule has 0 radical (unpaired) electrons. The van der Waals surface area contributed by atoms with Gasteiger partial charge in [0, 0.05) is 0 Å². The molecule has 0 fully saturated rings. The van der Waals surface area contributed by atoms with E-state index in [4.69, 9.17) is 4.74 Å². The van der Waals surface area contributed by atoms with E-state index in [2.05, 4.69) is 0 Å². The Balaban J connectivity index is 2.20. The SMILES string of the molecule is O=S(=O)(F)c1ccc(Oc2ccccc2)cc1. The van der Waals surface area contributed by atoms with Crippen LogP contribution in [0.1, 0.15) is 0 Å². The molecule has 2 rings (SSSR count). The van der Waals surface area contributed by atoms with Gasteiger partial charge in [-0.05, 0) is 36.4 Å². The Kier molecular flexibility index (Phi) is 3.10. The van der Waals surface area contributed by atoms with Gasteiger partial charge in [-0.25, -0.2) is 0 Å². The van der Waals surface area contributed by atoms with Crippen LogP contribution in [0, 0.1) is 0 Å². The first kappa shape index (κ1) is 11.6. The Labute approximate surface area is 98.7 Å². The van der Waals surface area contributed by atoms with Gasteiger partial charge in [0.05, 0.1) is 4.90 Å². The Morgan fingerprint density at radius 1 is 0.824 bits per heavy atom. The minimum Gasteiger partial charge on any atom is -0.457 e. The number of para-hydroxylation sites is 1. The van der Waals surface area contributed by atoms with Crippen LogP contribution in [0.4, 0.5) is 3.89 Å². The van der Waals surface area contributed by atoms with Crippen molar-refractivity contribution in [1.29, 1.82) is 0 Å². The molecule has 0 aliphatic heterocycles. The molecular formula is C12H9FO3S. The summed E-state index contributed by atoms with van der Waals surface area (Å²) in [6, 6.07) is 14.1. The van der Waals surface area contributed by atoms with Crippen LogP contribution in [0.25, 0.3) is 0 Å². The van der Waals surface area contributed by atoms with E-state index in [1.54, 1.807) is 12.1 Å². The first-order valence-corrected chi connectivity index (χ1v) is 6.22. The molecule has 0 saturated carbocycles. The molecule has 0 unspecified atom stereocenters. The fourth-order valence-corrected chi connectivity index (χ4v) is 1.76. The molecule has 2 aromatic rings. The molecule has 3 nitrogen and oxygen atoms in total. The molecule has 0 bridgehead atoms. The summed E-state index contributed by atoms with van der Waals surface area (Å²) in [5, 5.41) is 0. The Morgan fingerprint density at radius 3 is 1.88 bits per heavy atom. The molecule has 0 aliphatic carbocycles. The van der Waals surface area contributed by atoms with Gasteiger partial charge in [-0.15, -0.1) is 3.89 Å². The summed E-state index contributed by atoms with van der Waals surface area (Å²) < 4.78 is 39.2. The third-order valence-corrected chi connectivity index (χ3v) is 2.92. The molecule has 0 heterocycles. The molecule has 2 aromatic carbocycles. The number of hydrogen-bond acceptors (Lipinski definition) is 3. The average Bonchev–Trinajstić information content (AvgIpc) is 2.30. The van der Waals surface area contributed by atoms with Crippen molar-refractivity contribution in [1.82, 2.24) is 0 Å². The maximum atomic E-state index is 12.6. The van der Waals surface area contributed by atoms with Gasteiger partial charge in [-0.3, -0.25) is 0 Å². The van der Waals surface area contributed by atoms with Crippen molar-refractivity contribution in [2.45, 2.75) is 4.90 Å². The van der Waals surface area contributed by atoms with Crippen LogP contribution in [-0.4, -0.2) is 8.42 Å². The summed E-state index contributed by atoms with van der Waals surface area (Å²) in [6.45, 7) is 0. The molecule has 0 aromatic heterocycles. The summed E-state index contributed by atoms with van der Waals surface area (Å²) in [5.41, 5.74) is 0. The van der Waals surface area contributed by atoms with Crippen molar-refractivity contribution in [2.75, 3.05) is 0 Å². The van der Waals surface area contributed by atoms with Gasteiger partial charge in [0.25, 0.3) is 0 Å². The normalized spacial score (nSPS) is 11.1. The highest BCUT2D eigenvalue weighted by Gasteiger charge is 2.11. The number of halogens is 1. The number of ether oxygens (including phenoxy) is 1. The Hall–Kier alpha value is -1.88. The predicted octanol–water partition coefficient (Wildman–Crippen LogP) is 3.14. The van der Waals surface area contributed by atoms with E-state index in [1.165, 1.54) is 12.1 Å². The molecular weight excluding hydrogens is 243 g/mol. The van der Waals surface area contributed by atoms with E-state index in [0.717, 1.165) is 12.1 Å². The Bertz CT molecular complexity index is 591. The van der Waals surface area contributed by atoms with Gasteiger partial charge in [0.1, 0.15) is 11.5 Å². The quantitative estimate of drug-likeness (QED) is 0.788. The van der Waals surface area contributed by atoms with Crippen LogP contribution < -0.4 is 4.74 Å². The van der Waals surface area contributed by atoms with Crippen molar-refractivity contribution in [3.05, 3.63) is 54.6 Å². The van der Waals surface area contributed by atoms with Crippen LogP contribution in [0.3, 0.4) is 0 Å². The lowest BCUT2D eigenvalue weighted by Crippen LogP contribution is -1.91. The van der Waals surface area contributed by atoms with E-state index < -0.39 is 10.2 Å². The zero-order chi connectivity index (χ0) is 12.3. The fourth-order valence-electron chi connectivity index (χ4n) is 1.29. The lowest BCUT2D eigenvalue weighted by molar-refractivity contribution is 0.482. The second-order valence-electron chi connectivity index (χ2n) is 3.32. The van der Waals surface area contributed by atoms with Crippen molar-refractivity contribution in [2.24, 2.45) is 0 Å². The van der Waals surface area contributed by atoms with Crippen LogP contribution in [-0.2, 0) is 10.2 Å². The smallest absolute Gasteiger partial charge is 0.332 e. The predicted molar refractivity (Wildman–Crippen MR) is 61.3 cm³/mol. The van der Waals surface area contributed by atoms with Gasteiger partial charge in [-0.2, -0.15) is 8.42 Å². The monoisotopic (exact) mass is 252 g/mol. The van der Waals surface area contributed by atoms with Crippen LogP contribution in [0.5, 0.6) is 11.5 Å². The average molecular weight is 252 g/mol. The van der Waals surface area contributed by atoms with Crippen LogP contribution in [0.2, 0.25) is 0 Å². The Morgan fingerprint density at radius 2 is 1.35 bits per heavy atom. The molecule has 0 saturated heterocycles. The van der Waals surface area contributed by atoms with E-state index in [1.807, 2.05) is 18.2 Å². The molecule has 88 valence electrons. The first-order chi connectivity index (χ1) is 8.05. The highest BCUT2D eigenvalue weighted by Crippen LogP contribution is 2.22. The molecule has 0 atom stereocenters. The van der Waals surface area contributed by atoms with Crippen molar-refractivity contribution in [3.8, 4) is 11.5 Å². The maximum absolute atomic E-state index is 12.6. The molecule has 5 heteroatoms. The van der Waals surface area contributed by atoms with Crippen molar-refractivity contribution in [3.63, 3.8) is 0 Å². The topological polar surface area (TPSA) is 43.4 Å². The molecule has 0 amide bonds. The summed E-state index contributed by atoms with van der Waals surface area (Å²) >= 11 is 0.